The molecule has 2 aliphatic carbocycles. The average molecular weight is 693 g/mol. The van der Waals surface area contributed by atoms with Crippen molar-refractivity contribution in [2.45, 2.75) is 77.8 Å². The third-order valence-electron chi connectivity index (χ3n) is 12.5. The van der Waals surface area contributed by atoms with E-state index in [4.69, 9.17) is 0 Å². The molecule has 0 nitrogen and oxygen atoms in total. The van der Waals surface area contributed by atoms with Crippen molar-refractivity contribution < 1.29 is 0 Å². The molecule has 0 amide bonds. The van der Waals surface area contributed by atoms with Crippen LogP contribution < -0.4 is 20.7 Å². The highest BCUT2D eigenvalue weighted by atomic mass is 28.3. The van der Waals surface area contributed by atoms with Gasteiger partial charge in [0.15, 0.2) is 0 Å². The maximum Gasteiger partial charge on any atom is 0.145 e. The van der Waals surface area contributed by atoms with E-state index < -0.39 is 24.2 Å². The Labute approximate surface area is 300 Å². The number of hydrogen-bond acceptors (Lipinski definition) is 0. The maximum atomic E-state index is 2.84. The molecule has 0 saturated carbocycles. The fourth-order valence-electron chi connectivity index (χ4n) is 9.26. The van der Waals surface area contributed by atoms with E-state index in [0.717, 1.165) is 0 Å². The zero-order chi connectivity index (χ0) is 34.8. The molecule has 0 fully saturated rings. The summed E-state index contributed by atoms with van der Waals surface area (Å²) in [7, 11) is -6.48. The van der Waals surface area contributed by atoms with Gasteiger partial charge in [-0.2, -0.15) is 0 Å². The molecule has 0 aliphatic heterocycles. The van der Waals surface area contributed by atoms with Crippen LogP contribution in [-0.2, 0) is 0 Å². The molecule has 0 aromatic heterocycles. The molecule has 0 spiro atoms. The van der Waals surface area contributed by atoms with Gasteiger partial charge in [-0.15, -0.1) is 0 Å². The predicted molar refractivity (Wildman–Crippen MR) is 224 cm³/mol. The lowest BCUT2D eigenvalue weighted by Gasteiger charge is -2.44. The smallest absolute Gasteiger partial charge is 0.0800 e. The summed E-state index contributed by atoms with van der Waals surface area (Å²) in [6, 6.07) is 48.3. The van der Waals surface area contributed by atoms with Crippen LogP contribution in [0.2, 0.25) is 36.3 Å². The van der Waals surface area contributed by atoms with Crippen LogP contribution in [0.15, 0.2) is 167 Å². The van der Waals surface area contributed by atoms with Gasteiger partial charge in [-0.25, -0.2) is 0 Å². The first-order valence-corrected chi connectivity index (χ1v) is 26.3. The Morgan fingerprint density at radius 2 is 0.714 bits per heavy atom. The van der Waals surface area contributed by atoms with Crippen molar-refractivity contribution in [2.75, 3.05) is 0 Å². The van der Waals surface area contributed by atoms with Crippen LogP contribution in [0, 0.1) is 11.8 Å². The standard InChI is InChI=1S/C46H56Si3/c1-9-49(10-2,45-33-41(31-43(45)35(3)4)47(7,37-23-15-11-16-24-37)38-25-17-12-18-26-38)46-34-42(32-44(46)36(5)6)48(8,39-27-19-13-20-28-39)40-29-21-14-22-30-40/h11-36,45-46H,9-10H2,1-8H3. The second-order valence-electron chi connectivity index (χ2n) is 15.5. The van der Waals surface area contributed by atoms with E-state index in [-0.39, 0.29) is 0 Å². The highest BCUT2D eigenvalue weighted by molar-refractivity contribution is 7.08. The summed E-state index contributed by atoms with van der Waals surface area (Å²) >= 11 is 0. The fourth-order valence-corrected chi connectivity index (χ4v) is 22.8. The molecule has 0 saturated heterocycles. The quantitative estimate of drug-likeness (QED) is 0.130. The fraction of sp³-hybridized carbons (Fsp3) is 0.304. The lowest BCUT2D eigenvalue weighted by molar-refractivity contribution is 0.718. The van der Waals surface area contributed by atoms with E-state index in [1.807, 2.05) is 0 Å². The van der Waals surface area contributed by atoms with Gasteiger partial charge in [-0.3, -0.25) is 0 Å². The molecule has 4 aromatic rings. The molecule has 0 radical (unpaired) electrons. The van der Waals surface area contributed by atoms with Gasteiger partial charge in [0, 0.05) is 0 Å². The molecule has 2 atom stereocenters. The lowest BCUT2D eigenvalue weighted by Crippen LogP contribution is -2.57. The second kappa shape index (κ2) is 14.4. The van der Waals surface area contributed by atoms with Crippen molar-refractivity contribution in [3.63, 3.8) is 0 Å². The maximum absolute atomic E-state index is 2.84. The summed E-state index contributed by atoms with van der Waals surface area (Å²) in [4.78, 5) is 0. The Hall–Kier alpha value is -3.51. The summed E-state index contributed by atoms with van der Waals surface area (Å²) in [6.07, 6.45) is 11.1. The second-order valence-corrected chi connectivity index (χ2v) is 28.5. The lowest BCUT2D eigenvalue weighted by atomic mass is 10.0. The third kappa shape index (κ3) is 6.13. The van der Waals surface area contributed by atoms with Crippen molar-refractivity contribution in [1.82, 2.24) is 0 Å². The molecule has 0 N–H and O–H groups in total. The third-order valence-corrected chi connectivity index (χ3v) is 27.5. The van der Waals surface area contributed by atoms with Crippen molar-refractivity contribution in [3.8, 4) is 0 Å². The summed E-state index contributed by atoms with van der Waals surface area (Å²) in [5.41, 5.74) is 4.43. The van der Waals surface area contributed by atoms with Crippen LogP contribution in [0.5, 0.6) is 0 Å². The van der Waals surface area contributed by atoms with Gasteiger partial charge >= 0.3 is 0 Å². The molecule has 4 aromatic carbocycles. The number of benzene rings is 4. The highest BCUT2D eigenvalue weighted by Gasteiger charge is 2.52. The van der Waals surface area contributed by atoms with Crippen molar-refractivity contribution in [3.05, 3.63) is 167 Å². The Morgan fingerprint density at radius 3 is 0.939 bits per heavy atom. The van der Waals surface area contributed by atoms with Gasteiger partial charge in [0.1, 0.15) is 16.1 Å². The number of rotatable bonds is 12. The first-order chi connectivity index (χ1) is 23.6. The number of allylic oxidation sites excluding steroid dienone is 8. The van der Waals surface area contributed by atoms with Crippen LogP contribution in [0.3, 0.4) is 0 Å². The molecule has 3 heteroatoms. The first kappa shape index (κ1) is 35.3. The van der Waals surface area contributed by atoms with Crippen molar-refractivity contribution >= 4 is 45.0 Å². The minimum atomic E-state index is -2.23. The molecular formula is C46H56Si3. The van der Waals surface area contributed by atoms with Gasteiger partial charge in [-0.1, -0.05) is 234 Å². The zero-order valence-corrected chi connectivity index (χ0v) is 34.1. The normalized spacial score (nSPS) is 18.4. The Balaban J connectivity index is 1.55. The van der Waals surface area contributed by atoms with E-state index in [1.54, 1.807) is 21.5 Å². The first-order valence-electron chi connectivity index (χ1n) is 18.7. The highest BCUT2D eigenvalue weighted by Crippen LogP contribution is 2.56. The topological polar surface area (TPSA) is 0 Å². The Kier molecular flexibility index (Phi) is 10.4. The predicted octanol–water partition coefficient (Wildman–Crippen LogP) is 10.1. The summed E-state index contributed by atoms with van der Waals surface area (Å²) in [6.45, 7) is 20.1. The molecule has 0 bridgehead atoms. The molecular weight excluding hydrogens is 637 g/mol. The van der Waals surface area contributed by atoms with Crippen LogP contribution in [0.1, 0.15) is 41.5 Å². The van der Waals surface area contributed by atoms with Gasteiger partial charge in [0.2, 0.25) is 0 Å². The SMILES string of the molecule is CC[Si](CC)(C1C=C([Si](C)(c2ccccc2)c2ccccc2)C=C1C(C)C)C1C=C([Si](C)(c2ccccc2)c2ccccc2)C=C1C(C)C. The summed E-state index contributed by atoms with van der Waals surface area (Å²) in [5.74, 6) is 1.02. The van der Waals surface area contributed by atoms with Crippen molar-refractivity contribution in [1.29, 1.82) is 0 Å². The van der Waals surface area contributed by atoms with Gasteiger partial charge in [0.25, 0.3) is 0 Å². The Bertz CT molecular complexity index is 1630. The minimum absolute atomic E-state index is 0.512. The van der Waals surface area contributed by atoms with Crippen LogP contribution >= 0.6 is 0 Å². The molecule has 49 heavy (non-hydrogen) atoms. The average Bonchev–Trinajstić information content (AvgIpc) is 3.81. The number of hydrogen-bond donors (Lipinski definition) is 0. The van der Waals surface area contributed by atoms with E-state index >= 15 is 0 Å². The largest absolute Gasteiger partial charge is 0.145 e. The molecule has 252 valence electrons. The summed E-state index contributed by atoms with van der Waals surface area (Å²) < 4.78 is 0. The van der Waals surface area contributed by atoms with E-state index in [9.17, 15) is 0 Å². The summed E-state index contributed by atoms with van der Waals surface area (Å²) in [5, 5.41) is 9.25. The van der Waals surface area contributed by atoms with Crippen LogP contribution in [-0.4, -0.2) is 24.2 Å². The van der Waals surface area contributed by atoms with Crippen LogP contribution in [0.25, 0.3) is 0 Å². The van der Waals surface area contributed by atoms with Gasteiger partial charge in [-0.05, 0) is 43.7 Å². The zero-order valence-electron chi connectivity index (χ0n) is 31.1. The van der Waals surface area contributed by atoms with Crippen LogP contribution in [0.4, 0.5) is 0 Å². The molecule has 2 aliphatic rings. The van der Waals surface area contributed by atoms with E-state index in [1.165, 1.54) is 32.8 Å². The molecule has 2 unspecified atom stereocenters. The minimum Gasteiger partial charge on any atom is -0.0800 e. The Morgan fingerprint density at radius 1 is 0.449 bits per heavy atom. The van der Waals surface area contributed by atoms with Gasteiger partial charge < -0.3 is 0 Å². The molecule has 0 heterocycles. The van der Waals surface area contributed by atoms with E-state index in [2.05, 4.69) is 200 Å². The monoisotopic (exact) mass is 692 g/mol. The van der Waals surface area contributed by atoms with E-state index in [0.29, 0.717) is 22.9 Å². The van der Waals surface area contributed by atoms with Gasteiger partial charge in [0.05, 0.1) is 8.07 Å². The van der Waals surface area contributed by atoms with Crippen molar-refractivity contribution in [2.24, 2.45) is 11.8 Å². The molecule has 6 rings (SSSR count).